The van der Waals surface area contributed by atoms with Crippen LogP contribution in [0.25, 0.3) is 0 Å². The van der Waals surface area contributed by atoms with Gasteiger partial charge in [0.15, 0.2) is 0 Å². The Morgan fingerprint density at radius 3 is 2.60 bits per heavy atom. The van der Waals surface area contributed by atoms with Crippen LogP contribution in [0.1, 0.15) is 32.1 Å². The van der Waals surface area contributed by atoms with Gasteiger partial charge in [-0.3, -0.25) is 0 Å². The highest BCUT2D eigenvalue weighted by Gasteiger charge is 2.19. The first-order valence-electron chi connectivity index (χ1n) is 9.56. The zero-order chi connectivity index (χ0) is 17.9. The highest BCUT2D eigenvalue weighted by molar-refractivity contribution is 6.30. The molecular formula is C21H33ClN2O. The molecule has 0 atom stereocenters. The number of benzene rings is 1. The second-order valence-electron chi connectivity index (χ2n) is 7.07. The van der Waals surface area contributed by atoms with Crippen LogP contribution in [0.15, 0.2) is 36.9 Å². The van der Waals surface area contributed by atoms with Gasteiger partial charge in [-0.05, 0) is 75.9 Å². The second kappa shape index (κ2) is 11.6. The summed E-state index contributed by atoms with van der Waals surface area (Å²) >= 11 is 5.97. The van der Waals surface area contributed by atoms with E-state index in [9.17, 15) is 0 Å². The molecule has 25 heavy (non-hydrogen) atoms. The number of hydrogen-bond donors (Lipinski definition) is 0. The van der Waals surface area contributed by atoms with Gasteiger partial charge < -0.3 is 14.5 Å². The van der Waals surface area contributed by atoms with E-state index in [1.807, 2.05) is 18.2 Å². The summed E-state index contributed by atoms with van der Waals surface area (Å²) in [6, 6.07) is 8.20. The fourth-order valence-corrected chi connectivity index (χ4v) is 3.51. The van der Waals surface area contributed by atoms with Crippen molar-refractivity contribution in [2.24, 2.45) is 5.92 Å². The van der Waals surface area contributed by atoms with Gasteiger partial charge in [0.05, 0.1) is 0 Å². The molecule has 1 fully saturated rings. The van der Waals surface area contributed by atoms with E-state index >= 15 is 0 Å². The zero-order valence-electron chi connectivity index (χ0n) is 15.6. The first-order chi connectivity index (χ1) is 12.2. The molecule has 1 aliphatic rings. The summed E-state index contributed by atoms with van der Waals surface area (Å²) in [4.78, 5) is 4.76. The third-order valence-electron chi connectivity index (χ3n) is 5.00. The van der Waals surface area contributed by atoms with Crippen molar-refractivity contribution < 1.29 is 4.74 Å². The third-order valence-corrected chi connectivity index (χ3v) is 5.25. The van der Waals surface area contributed by atoms with Gasteiger partial charge in [0.25, 0.3) is 0 Å². The Kier molecular flexibility index (Phi) is 9.38. The predicted octanol–water partition coefficient (Wildman–Crippen LogP) is 4.86. The van der Waals surface area contributed by atoms with Crippen molar-refractivity contribution in [3.05, 3.63) is 41.9 Å². The second-order valence-corrected chi connectivity index (χ2v) is 7.50. The Morgan fingerprint density at radius 2 is 1.92 bits per heavy atom. The Morgan fingerprint density at radius 1 is 1.20 bits per heavy atom. The molecule has 0 aromatic heterocycles. The molecular weight excluding hydrogens is 332 g/mol. The molecule has 0 amide bonds. The number of nitrogens with zero attached hydrogens (tertiary/aromatic N) is 2. The van der Waals surface area contributed by atoms with E-state index in [2.05, 4.69) is 35.6 Å². The van der Waals surface area contributed by atoms with Gasteiger partial charge in [0.2, 0.25) is 0 Å². The first kappa shape index (κ1) is 20.3. The molecule has 2 rings (SSSR count). The van der Waals surface area contributed by atoms with Crippen LogP contribution >= 0.6 is 11.6 Å². The van der Waals surface area contributed by atoms with E-state index in [-0.39, 0.29) is 0 Å². The van der Waals surface area contributed by atoms with Gasteiger partial charge in [0.1, 0.15) is 0 Å². The van der Waals surface area contributed by atoms with Crippen LogP contribution in [0.5, 0.6) is 0 Å². The lowest BCUT2D eigenvalue weighted by atomic mass is 9.93. The van der Waals surface area contributed by atoms with E-state index < -0.39 is 0 Å². The van der Waals surface area contributed by atoms with Crippen molar-refractivity contribution >= 4 is 17.3 Å². The van der Waals surface area contributed by atoms with Crippen LogP contribution in [-0.2, 0) is 4.74 Å². The summed E-state index contributed by atoms with van der Waals surface area (Å²) in [5.74, 6) is 0.808. The van der Waals surface area contributed by atoms with Crippen molar-refractivity contribution in [2.75, 3.05) is 51.3 Å². The third kappa shape index (κ3) is 7.81. The van der Waals surface area contributed by atoms with Crippen molar-refractivity contribution in [3.63, 3.8) is 0 Å². The molecule has 3 nitrogen and oxygen atoms in total. The molecule has 0 saturated carbocycles. The number of ether oxygens (including phenoxy) is 1. The van der Waals surface area contributed by atoms with E-state index in [1.54, 1.807) is 0 Å². The number of halogens is 1. The number of unbranched alkanes of at least 4 members (excludes halogenated alkanes) is 1. The first-order valence-corrected chi connectivity index (χ1v) is 9.94. The van der Waals surface area contributed by atoms with Gasteiger partial charge in [-0.1, -0.05) is 17.7 Å². The van der Waals surface area contributed by atoms with Crippen LogP contribution < -0.4 is 4.90 Å². The minimum atomic E-state index is 0.808. The van der Waals surface area contributed by atoms with Crippen molar-refractivity contribution in [1.82, 2.24) is 4.90 Å². The van der Waals surface area contributed by atoms with Gasteiger partial charge in [-0.2, -0.15) is 0 Å². The lowest BCUT2D eigenvalue weighted by Crippen LogP contribution is -2.33. The Bertz CT molecular complexity index is 483. The molecule has 0 radical (unpaired) electrons. The molecule has 0 aliphatic carbocycles. The summed E-state index contributed by atoms with van der Waals surface area (Å²) in [5, 5.41) is 0.808. The molecule has 140 valence electrons. The number of piperidine rings is 1. The monoisotopic (exact) mass is 364 g/mol. The van der Waals surface area contributed by atoms with Gasteiger partial charge >= 0.3 is 0 Å². The molecule has 0 spiro atoms. The summed E-state index contributed by atoms with van der Waals surface area (Å²) < 4.78 is 5.84. The summed E-state index contributed by atoms with van der Waals surface area (Å²) in [5.41, 5.74) is 1.29. The Labute approximate surface area is 158 Å². The maximum absolute atomic E-state index is 5.97. The highest BCUT2D eigenvalue weighted by Crippen LogP contribution is 2.26. The normalized spacial score (nSPS) is 15.7. The molecule has 1 saturated heterocycles. The van der Waals surface area contributed by atoms with Crippen LogP contribution in [0.2, 0.25) is 5.02 Å². The van der Waals surface area contributed by atoms with E-state index in [1.165, 1.54) is 31.4 Å². The standard InChI is InChI=1S/C21H33ClN2O/c1-3-13-23(2)14-4-5-17-25-18-12-19-10-15-24(16-11-19)21-8-6-20(22)7-9-21/h3,6-9,19H,1,4-5,10-18H2,2H3. The predicted molar refractivity (Wildman–Crippen MR) is 109 cm³/mol. The van der Waals surface area contributed by atoms with Crippen molar-refractivity contribution in [2.45, 2.75) is 32.1 Å². The number of likely N-dealkylation sites (N-methyl/N-ethyl adjacent to an activating group) is 1. The summed E-state index contributed by atoms with van der Waals surface area (Å²) in [6.07, 6.45) is 8.02. The quantitative estimate of drug-likeness (QED) is 0.412. The fraction of sp³-hybridized carbons (Fsp3) is 0.619. The minimum absolute atomic E-state index is 0.808. The molecule has 0 unspecified atom stereocenters. The van der Waals surface area contributed by atoms with Crippen LogP contribution in [0, 0.1) is 5.92 Å². The van der Waals surface area contributed by atoms with Gasteiger partial charge in [-0.25, -0.2) is 0 Å². The SMILES string of the molecule is C=CCN(C)CCCCOCCC1CCN(c2ccc(Cl)cc2)CC1. The lowest BCUT2D eigenvalue weighted by molar-refractivity contribution is 0.111. The fourth-order valence-electron chi connectivity index (χ4n) is 3.38. The number of rotatable bonds is 11. The van der Waals surface area contributed by atoms with E-state index in [4.69, 9.17) is 16.3 Å². The molecule has 4 heteroatoms. The molecule has 1 aromatic rings. The minimum Gasteiger partial charge on any atom is -0.381 e. The molecule has 0 N–H and O–H groups in total. The molecule has 1 aliphatic heterocycles. The number of hydrogen-bond acceptors (Lipinski definition) is 3. The van der Waals surface area contributed by atoms with Crippen molar-refractivity contribution in [1.29, 1.82) is 0 Å². The Balaban J connectivity index is 1.50. The zero-order valence-corrected chi connectivity index (χ0v) is 16.4. The van der Waals surface area contributed by atoms with Gasteiger partial charge in [-0.15, -0.1) is 6.58 Å². The average Bonchev–Trinajstić information content (AvgIpc) is 2.62. The largest absolute Gasteiger partial charge is 0.381 e. The molecule has 1 heterocycles. The van der Waals surface area contributed by atoms with Crippen LogP contribution in [0.4, 0.5) is 5.69 Å². The van der Waals surface area contributed by atoms with Crippen LogP contribution in [0.3, 0.4) is 0 Å². The van der Waals surface area contributed by atoms with E-state index in [0.717, 1.165) is 56.8 Å². The Hall–Kier alpha value is -1.03. The van der Waals surface area contributed by atoms with E-state index in [0.29, 0.717) is 0 Å². The topological polar surface area (TPSA) is 15.7 Å². The van der Waals surface area contributed by atoms with Crippen molar-refractivity contribution in [3.8, 4) is 0 Å². The van der Waals surface area contributed by atoms with Crippen LogP contribution in [-0.4, -0.2) is 51.3 Å². The maximum Gasteiger partial charge on any atom is 0.0468 e. The average molecular weight is 365 g/mol. The summed E-state index contributed by atoms with van der Waals surface area (Å²) in [6.45, 7) is 9.94. The number of anilines is 1. The highest BCUT2D eigenvalue weighted by atomic mass is 35.5. The van der Waals surface area contributed by atoms with Gasteiger partial charge in [0, 0.05) is 43.6 Å². The smallest absolute Gasteiger partial charge is 0.0468 e. The molecule has 0 bridgehead atoms. The summed E-state index contributed by atoms with van der Waals surface area (Å²) in [7, 11) is 2.14. The lowest BCUT2D eigenvalue weighted by Gasteiger charge is -2.33. The molecule has 1 aromatic carbocycles. The maximum atomic E-state index is 5.97.